The van der Waals surface area contributed by atoms with Gasteiger partial charge in [0.1, 0.15) is 0 Å². The molecule has 0 saturated carbocycles. The van der Waals surface area contributed by atoms with Crippen molar-refractivity contribution in [1.29, 1.82) is 0 Å². The van der Waals surface area contributed by atoms with Crippen molar-refractivity contribution < 1.29 is 4.57 Å². The van der Waals surface area contributed by atoms with Crippen LogP contribution in [0, 0.1) is 0 Å². The summed E-state index contributed by atoms with van der Waals surface area (Å²) in [4.78, 5) is 12.8. The van der Waals surface area contributed by atoms with Crippen LogP contribution >= 0.6 is 11.8 Å². The molecule has 1 aliphatic rings. The van der Waals surface area contributed by atoms with Gasteiger partial charge in [0.05, 0.1) is 17.3 Å². The van der Waals surface area contributed by atoms with Gasteiger partial charge in [0.25, 0.3) is 5.65 Å². The molecule has 122 valence electrons. The number of fused-ring (bicyclic) bond motifs is 2. The monoisotopic (exact) mass is 338 g/mol. The molecule has 5 nitrogen and oxygen atoms in total. The molecular weight excluding hydrogens is 318 g/mol. The van der Waals surface area contributed by atoms with Crippen molar-refractivity contribution in [2.24, 2.45) is 0 Å². The van der Waals surface area contributed by atoms with Gasteiger partial charge in [-0.3, -0.25) is 0 Å². The van der Waals surface area contributed by atoms with Gasteiger partial charge in [0.2, 0.25) is 6.33 Å². The Morgan fingerprint density at radius 1 is 1.21 bits per heavy atom. The van der Waals surface area contributed by atoms with Crippen LogP contribution in [-0.2, 0) is 13.1 Å². The van der Waals surface area contributed by atoms with Crippen molar-refractivity contribution in [3.8, 4) is 0 Å². The Morgan fingerprint density at radius 2 is 2.04 bits per heavy atom. The van der Waals surface area contributed by atoms with E-state index in [1.165, 1.54) is 15.6 Å². The largest absolute Gasteiger partial charge is 0.338 e. The van der Waals surface area contributed by atoms with E-state index in [1.807, 2.05) is 12.7 Å². The summed E-state index contributed by atoms with van der Waals surface area (Å²) in [6.45, 7) is 5.99. The van der Waals surface area contributed by atoms with E-state index in [-0.39, 0.29) is 0 Å². The molecule has 24 heavy (non-hydrogen) atoms. The standard InChI is InChI=1S/C18H20N5S/c1-4-22-12-20-18-17(22)13(19-11-23(18)5-2)10-16-21(3)14-8-6-7-9-15(14)24-16/h6-12H,4-5H2,1-3H3/q+1. The number of hydrogen-bond acceptors (Lipinski definition) is 4. The summed E-state index contributed by atoms with van der Waals surface area (Å²) in [6, 6.07) is 8.47. The number of nitrogens with zero attached hydrogens (tertiary/aromatic N) is 5. The first-order valence-corrected chi connectivity index (χ1v) is 9.00. The van der Waals surface area contributed by atoms with Crippen molar-refractivity contribution in [2.45, 2.75) is 31.8 Å². The maximum Gasteiger partial charge on any atom is 0.291 e. The number of para-hydroxylation sites is 1. The molecule has 2 aromatic heterocycles. The van der Waals surface area contributed by atoms with Crippen LogP contribution in [0.4, 0.5) is 5.69 Å². The molecule has 0 N–H and O–H groups in total. The van der Waals surface area contributed by atoms with Crippen LogP contribution in [0.25, 0.3) is 17.2 Å². The number of aryl methyl sites for hydroxylation is 2. The summed E-state index contributed by atoms with van der Waals surface area (Å²) >= 11 is 1.78. The summed E-state index contributed by atoms with van der Waals surface area (Å²) in [7, 11) is 2.11. The molecule has 0 amide bonds. The number of benzene rings is 1. The fourth-order valence-corrected chi connectivity index (χ4v) is 4.12. The highest BCUT2D eigenvalue weighted by Crippen LogP contribution is 2.45. The van der Waals surface area contributed by atoms with E-state index in [4.69, 9.17) is 4.98 Å². The van der Waals surface area contributed by atoms with Gasteiger partial charge < -0.3 is 9.47 Å². The molecule has 6 heteroatoms. The first-order chi connectivity index (χ1) is 11.7. The Hall–Kier alpha value is -2.34. The lowest BCUT2D eigenvalue weighted by Crippen LogP contribution is -2.34. The lowest BCUT2D eigenvalue weighted by atomic mass is 10.3. The van der Waals surface area contributed by atoms with Crippen molar-refractivity contribution in [3.05, 3.63) is 47.6 Å². The van der Waals surface area contributed by atoms with Gasteiger partial charge in [-0.05, 0) is 26.0 Å². The third-order valence-electron chi connectivity index (χ3n) is 4.38. The predicted molar refractivity (Wildman–Crippen MR) is 97.8 cm³/mol. The number of anilines is 1. The van der Waals surface area contributed by atoms with Gasteiger partial charge in [-0.2, -0.15) is 0 Å². The zero-order chi connectivity index (χ0) is 16.7. The lowest BCUT2D eigenvalue weighted by Gasteiger charge is -2.12. The van der Waals surface area contributed by atoms with E-state index in [1.54, 1.807) is 11.8 Å². The maximum atomic E-state index is 4.70. The summed E-state index contributed by atoms with van der Waals surface area (Å²) in [5.74, 6) is 0. The van der Waals surface area contributed by atoms with Crippen LogP contribution in [0.3, 0.4) is 0 Å². The fourth-order valence-electron chi connectivity index (χ4n) is 3.03. The summed E-state index contributed by atoms with van der Waals surface area (Å²) in [5.41, 5.74) is 4.30. The third-order valence-corrected chi connectivity index (χ3v) is 5.55. The zero-order valence-corrected chi connectivity index (χ0v) is 14.9. The minimum absolute atomic E-state index is 0.862. The van der Waals surface area contributed by atoms with Gasteiger partial charge in [-0.15, -0.1) is 4.98 Å². The van der Waals surface area contributed by atoms with E-state index in [0.29, 0.717) is 0 Å². The van der Waals surface area contributed by atoms with Crippen LogP contribution in [0.5, 0.6) is 0 Å². The van der Waals surface area contributed by atoms with Crippen LogP contribution in [0.15, 0.2) is 46.8 Å². The van der Waals surface area contributed by atoms with E-state index in [2.05, 4.69) is 70.3 Å². The molecule has 1 aromatic carbocycles. The second kappa shape index (κ2) is 5.94. The average molecular weight is 338 g/mol. The fraction of sp³-hybridized carbons (Fsp3) is 0.278. The molecule has 3 aromatic rings. The van der Waals surface area contributed by atoms with Crippen LogP contribution < -0.4 is 9.47 Å². The quantitative estimate of drug-likeness (QED) is 0.687. The summed E-state index contributed by atoms with van der Waals surface area (Å²) < 4.78 is 4.25. The molecule has 0 fully saturated rings. The Kier molecular flexibility index (Phi) is 3.76. The Labute approximate surface area is 145 Å². The molecule has 3 heterocycles. The zero-order valence-electron chi connectivity index (χ0n) is 14.1. The Balaban J connectivity index is 1.85. The average Bonchev–Trinajstić information content (AvgIpc) is 3.18. The van der Waals surface area contributed by atoms with Gasteiger partial charge in [0.15, 0.2) is 17.5 Å². The lowest BCUT2D eigenvalue weighted by molar-refractivity contribution is -0.672. The second-order valence-corrected chi connectivity index (χ2v) is 6.79. The summed E-state index contributed by atoms with van der Waals surface area (Å²) in [5, 5.41) is 1.18. The molecule has 0 aliphatic carbocycles. The minimum atomic E-state index is 0.862. The van der Waals surface area contributed by atoms with Gasteiger partial charge in [-0.25, -0.2) is 4.57 Å². The minimum Gasteiger partial charge on any atom is -0.338 e. The van der Waals surface area contributed by atoms with E-state index < -0.39 is 0 Å². The van der Waals surface area contributed by atoms with Gasteiger partial charge in [-0.1, -0.05) is 28.9 Å². The normalized spacial score (nSPS) is 15.5. The third kappa shape index (κ3) is 2.29. The Bertz CT molecular complexity index is 944. The SMILES string of the molecule is CCn1cnc2c1c(C=C1Sc3ccccc3N1C)nc[n+]2CC. The molecular formula is C18H20N5S+. The Morgan fingerprint density at radius 3 is 2.79 bits per heavy atom. The van der Waals surface area contributed by atoms with E-state index >= 15 is 0 Å². The number of imidazole rings is 1. The maximum absolute atomic E-state index is 4.70. The molecule has 1 aliphatic heterocycles. The van der Waals surface area contributed by atoms with Crippen LogP contribution in [0.1, 0.15) is 19.5 Å². The molecule has 0 atom stereocenters. The predicted octanol–water partition coefficient (Wildman–Crippen LogP) is 3.30. The van der Waals surface area contributed by atoms with Crippen molar-refractivity contribution in [3.63, 3.8) is 0 Å². The number of aromatic nitrogens is 4. The molecule has 0 bridgehead atoms. The van der Waals surface area contributed by atoms with Gasteiger partial charge >= 0.3 is 0 Å². The topological polar surface area (TPSA) is 37.8 Å². The highest BCUT2D eigenvalue weighted by atomic mass is 32.2. The second-order valence-electron chi connectivity index (χ2n) is 5.73. The van der Waals surface area contributed by atoms with Crippen LogP contribution in [-0.4, -0.2) is 21.6 Å². The number of thioether (sulfide) groups is 1. The highest BCUT2D eigenvalue weighted by molar-refractivity contribution is 8.03. The molecule has 4 rings (SSSR count). The first kappa shape index (κ1) is 15.2. The molecule has 0 saturated heterocycles. The smallest absolute Gasteiger partial charge is 0.291 e. The molecule has 0 radical (unpaired) electrons. The van der Waals surface area contributed by atoms with Crippen molar-refractivity contribution >= 4 is 34.7 Å². The van der Waals surface area contributed by atoms with Crippen molar-refractivity contribution in [1.82, 2.24) is 14.5 Å². The highest BCUT2D eigenvalue weighted by Gasteiger charge is 2.24. The van der Waals surface area contributed by atoms with Crippen molar-refractivity contribution in [2.75, 3.05) is 11.9 Å². The summed E-state index contributed by atoms with van der Waals surface area (Å²) in [6.07, 6.45) is 5.95. The number of rotatable bonds is 3. The van der Waals surface area contributed by atoms with Crippen LogP contribution in [0.2, 0.25) is 0 Å². The number of hydrogen-bond donors (Lipinski definition) is 0. The first-order valence-electron chi connectivity index (χ1n) is 8.18. The molecule has 0 spiro atoms. The molecule has 0 unspecified atom stereocenters. The van der Waals surface area contributed by atoms with Gasteiger partial charge in [0, 0.05) is 24.6 Å². The van der Waals surface area contributed by atoms with E-state index in [0.717, 1.165) is 29.9 Å². The van der Waals surface area contributed by atoms with E-state index in [9.17, 15) is 0 Å².